The number of rotatable bonds is 12. The van der Waals surface area contributed by atoms with E-state index in [-0.39, 0.29) is 11.3 Å². The molecular weight excluding hydrogens is 334 g/mol. The van der Waals surface area contributed by atoms with Crippen molar-refractivity contribution in [1.82, 2.24) is 4.90 Å². The molecule has 154 valence electrons. The van der Waals surface area contributed by atoms with Crippen LogP contribution in [0.1, 0.15) is 102 Å². The summed E-state index contributed by atoms with van der Waals surface area (Å²) in [5, 5.41) is 11.9. The van der Waals surface area contributed by atoms with E-state index in [2.05, 4.69) is 32.9 Å². The number of amides is 1. The predicted octanol–water partition coefficient (Wildman–Crippen LogP) is 5.32. The Kier molecular flexibility index (Phi) is 9.52. The Morgan fingerprint density at radius 3 is 1.85 bits per heavy atom. The fourth-order valence-corrected chi connectivity index (χ4v) is 3.55. The SMILES string of the molecule is CCCCC(C)(CCCC)c1ccc(C(=O)N(CC)CCC(C)(C)[O-])cc1. The summed E-state index contributed by atoms with van der Waals surface area (Å²) >= 11 is 0. The van der Waals surface area contributed by atoms with Gasteiger partial charge >= 0.3 is 0 Å². The van der Waals surface area contributed by atoms with Crippen molar-refractivity contribution in [3.05, 3.63) is 35.4 Å². The van der Waals surface area contributed by atoms with E-state index in [0.717, 1.165) is 5.56 Å². The third-order valence-electron chi connectivity index (χ3n) is 5.65. The Balaban J connectivity index is 2.92. The molecule has 0 atom stereocenters. The lowest BCUT2D eigenvalue weighted by Crippen LogP contribution is -2.42. The summed E-state index contributed by atoms with van der Waals surface area (Å²) in [5.41, 5.74) is 1.24. The summed E-state index contributed by atoms with van der Waals surface area (Å²) in [4.78, 5) is 14.6. The molecule has 1 amide bonds. The molecule has 0 saturated carbocycles. The Hall–Kier alpha value is -1.35. The Morgan fingerprint density at radius 2 is 1.44 bits per heavy atom. The van der Waals surface area contributed by atoms with Crippen LogP contribution in [0.3, 0.4) is 0 Å². The van der Waals surface area contributed by atoms with Gasteiger partial charge < -0.3 is 10.0 Å². The number of carbonyl (C=O) groups excluding carboxylic acids is 1. The molecule has 0 spiro atoms. The predicted molar refractivity (Wildman–Crippen MR) is 113 cm³/mol. The van der Waals surface area contributed by atoms with Crippen molar-refractivity contribution in [3.63, 3.8) is 0 Å². The minimum Gasteiger partial charge on any atom is -0.850 e. The van der Waals surface area contributed by atoms with Crippen LogP contribution in [0.25, 0.3) is 0 Å². The van der Waals surface area contributed by atoms with Crippen LogP contribution in [0, 0.1) is 0 Å². The molecule has 27 heavy (non-hydrogen) atoms. The van der Waals surface area contributed by atoms with Crippen LogP contribution in [0.5, 0.6) is 0 Å². The van der Waals surface area contributed by atoms with Gasteiger partial charge in [0.1, 0.15) is 0 Å². The number of benzene rings is 1. The highest BCUT2D eigenvalue weighted by atomic mass is 16.3. The summed E-state index contributed by atoms with van der Waals surface area (Å²) < 4.78 is 0. The summed E-state index contributed by atoms with van der Waals surface area (Å²) in [6.07, 6.45) is 7.73. The maximum atomic E-state index is 12.8. The lowest BCUT2D eigenvalue weighted by Gasteiger charge is -2.34. The van der Waals surface area contributed by atoms with Crippen LogP contribution < -0.4 is 5.11 Å². The van der Waals surface area contributed by atoms with Crippen molar-refractivity contribution in [2.24, 2.45) is 0 Å². The van der Waals surface area contributed by atoms with Gasteiger partial charge in [0.15, 0.2) is 0 Å². The summed E-state index contributed by atoms with van der Waals surface area (Å²) in [5.74, 6) is 0.0251. The Morgan fingerprint density at radius 1 is 0.926 bits per heavy atom. The topological polar surface area (TPSA) is 43.4 Å². The highest BCUT2D eigenvalue weighted by Crippen LogP contribution is 2.35. The minimum absolute atomic E-state index is 0.0251. The van der Waals surface area contributed by atoms with E-state index >= 15 is 0 Å². The molecule has 1 aromatic rings. The molecule has 1 rings (SSSR count). The maximum Gasteiger partial charge on any atom is 0.253 e. The second kappa shape index (κ2) is 10.8. The first-order valence-corrected chi connectivity index (χ1v) is 10.8. The lowest BCUT2D eigenvalue weighted by atomic mass is 9.74. The van der Waals surface area contributed by atoms with Gasteiger partial charge in [-0.3, -0.25) is 4.79 Å². The molecule has 0 aliphatic carbocycles. The zero-order chi connectivity index (χ0) is 20.5. The van der Waals surface area contributed by atoms with E-state index in [0.29, 0.717) is 19.5 Å². The van der Waals surface area contributed by atoms with Gasteiger partial charge in [0.2, 0.25) is 0 Å². The van der Waals surface area contributed by atoms with Gasteiger partial charge in [-0.25, -0.2) is 0 Å². The minimum atomic E-state index is -1.00. The van der Waals surface area contributed by atoms with Crippen molar-refractivity contribution in [3.8, 4) is 0 Å². The van der Waals surface area contributed by atoms with Gasteiger partial charge in [0, 0.05) is 18.7 Å². The van der Waals surface area contributed by atoms with Crippen molar-refractivity contribution in [2.75, 3.05) is 13.1 Å². The van der Waals surface area contributed by atoms with E-state index < -0.39 is 5.60 Å². The lowest BCUT2D eigenvalue weighted by molar-refractivity contribution is -0.467. The normalized spacial score (nSPS) is 12.3. The fraction of sp³-hybridized carbons (Fsp3) is 0.708. The first-order chi connectivity index (χ1) is 12.7. The summed E-state index contributed by atoms with van der Waals surface area (Å²) in [7, 11) is 0. The van der Waals surface area contributed by atoms with Crippen LogP contribution in [-0.2, 0) is 5.41 Å². The molecule has 3 nitrogen and oxygen atoms in total. The van der Waals surface area contributed by atoms with Gasteiger partial charge in [-0.1, -0.05) is 72.4 Å². The molecule has 0 aromatic heterocycles. The maximum absolute atomic E-state index is 12.8. The van der Waals surface area contributed by atoms with Gasteiger partial charge in [0.05, 0.1) is 0 Å². The van der Waals surface area contributed by atoms with Crippen molar-refractivity contribution in [1.29, 1.82) is 0 Å². The highest BCUT2D eigenvalue weighted by molar-refractivity contribution is 5.94. The van der Waals surface area contributed by atoms with Gasteiger partial charge in [0.25, 0.3) is 5.91 Å². The summed E-state index contributed by atoms with van der Waals surface area (Å²) in [6, 6.07) is 8.23. The van der Waals surface area contributed by atoms with Gasteiger partial charge in [-0.2, -0.15) is 0 Å². The van der Waals surface area contributed by atoms with Gasteiger partial charge in [-0.05, 0) is 49.3 Å². The second-order valence-corrected chi connectivity index (χ2v) is 8.74. The average molecular weight is 375 g/mol. The standard InChI is InChI=1S/C24H40NO2/c1-7-10-16-24(6,17-11-8-2)21-14-12-20(13-15-21)22(26)25(9-3)19-18-23(4,5)27/h12-15H,7-11,16-19H2,1-6H3/q-1. The second-order valence-electron chi connectivity index (χ2n) is 8.74. The van der Waals surface area contributed by atoms with E-state index in [1.54, 1.807) is 18.7 Å². The smallest absolute Gasteiger partial charge is 0.253 e. The quantitative estimate of drug-likeness (QED) is 0.497. The first kappa shape index (κ1) is 23.7. The molecule has 0 saturated heterocycles. The fourth-order valence-electron chi connectivity index (χ4n) is 3.55. The molecule has 0 unspecified atom stereocenters. The molecule has 0 heterocycles. The molecule has 1 aromatic carbocycles. The largest absolute Gasteiger partial charge is 0.850 e. The molecule has 3 heteroatoms. The van der Waals surface area contributed by atoms with Crippen molar-refractivity contribution >= 4 is 5.91 Å². The van der Waals surface area contributed by atoms with Crippen molar-refractivity contribution in [2.45, 2.75) is 97.5 Å². The van der Waals surface area contributed by atoms with Crippen LogP contribution >= 0.6 is 0 Å². The molecule has 0 aliphatic rings. The van der Waals surface area contributed by atoms with E-state index in [1.165, 1.54) is 44.1 Å². The Bertz CT molecular complexity index is 549. The summed E-state index contributed by atoms with van der Waals surface area (Å²) in [6.45, 7) is 13.3. The molecule has 0 fully saturated rings. The zero-order valence-corrected chi connectivity index (χ0v) is 18.4. The van der Waals surface area contributed by atoms with Crippen molar-refractivity contribution < 1.29 is 9.90 Å². The average Bonchev–Trinajstić information content (AvgIpc) is 2.64. The first-order valence-electron chi connectivity index (χ1n) is 10.8. The molecule has 0 bridgehead atoms. The van der Waals surface area contributed by atoms with Crippen LogP contribution in [-0.4, -0.2) is 29.5 Å². The number of hydrogen-bond acceptors (Lipinski definition) is 2. The molecule has 0 N–H and O–H groups in total. The Labute approximate surface area is 167 Å². The number of hydrogen-bond donors (Lipinski definition) is 0. The molecule has 0 radical (unpaired) electrons. The van der Waals surface area contributed by atoms with Gasteiger partial charge in [-0.15, -0.1) is 5.60 Å². The van der Waals surface area contributed by atoms with E-state index in [1.807, 2.05) is 19.1 Å². The van der Waals surface area contributed by atoms with E-state index in [4.69, 9.17) is 0 Å². The molecular formula is C24H40NO2-. The molecule has 0 aliphatic heterocycles. The number of unbranched alkanes of at least 4 members (excludes halogenated alkanes) is 2. The van der Waals surface area contributed by atoms with Crippen LogP contribution in [0.15, 0.2) is 24.3 Å². The number of nitrogens with zero attached hydrogens (tertiary/aromatic N) is 1. The highest BCUT2D eigenvalue weighted by Gasteiger charge is 2.26. The third kappa shape index (κ3) is 7.65. The number of carbonyl (C=O) groups is 1. The monoisotopic (exact) mass is 374 g/mol. The van der Waals surface area contributed by atoms with Crippen LogP contribution in [0.4, 0.5) is 0 Å². The van der Waals surface area contributed by atoms with E-state index in [9.17, 15) is 9.90 Å². The third-order valence-corrected chi connectivity index (χ3v) is 5.65. The zero-order valence-electron chi connectivity index (χ0n) is 18.4. The van der Waals surface area contributed by atoms with Crippen LogP contribution in [0.2, 0.25) is 0 Å².